The number of para-hydroxylation sites is 1. The first kappa shape index (κ1) is 19.5. The van der Waals surface area contributed by atoms with Gasteiger partial charge in [0.25, 0.3) is 11.8 Å². The Morgan fingerprint density at radius 2 is 2.07 bits per heavy atom. The highest BCUT2D eigenvalue weighted by Gasteiger charge is 2.44. The number of nitrogens with two attached hydrogens (primary N) is 1. The fourth-order valence-corrected chi connectivity index (χ4v) is 3.60. The van der Waals surface area contributed by atoms with Crippen molar-refractivity contribution in [1.82, 2.24) is 14.6 Å². The minimum atomic E-state index is -2.94. The van der Waals surface area contributed by atoms with Crippen LogP contribution < -0.4 is 16.4 Å². The molecule has 0 bridgehead atoms. The van der Waals surface area contributed by atoms with E-state index in [0.29, 0.717) is 29.1 Å². The molecule has 2 atom stereocenters. The number of nitrogens with zero attached hydrogens (tertiary/aromatic N) is 3. The van der Waals surface area contributed by atoms with E-state index in [1.165, 1.54) is 10.7 Å². The Morgan fingerprint density at radius 3 is 2.86 bits per heavy atom. The number of hydrogen-bond donors (Lipinski definition) is 3. The van der Waals surface area contributed by atoms with Crippen LogP contribution in [-0.4, -0.2) is 38.5 Å². The second-order valence-corrected chi connectivity index (χ2v) is 7.41. The summed E-state index contributed by atoms with van der Waals surface area (Å²) in [6.07, 6.45) is 2.13. The monoisotopic (exact) mass is 420 g/mol. The van der Waals surface area contributed by atoms with Crippen molar-refractivity contribution in [3.05, 3.63) is 53.3 Å². The van der Waals surface area contributed by atoms with Gasteiger partial charge in [0.2, 0.25) is 5.95 Å². The van der Waals surface area contributed by atoms with Crippen LogP contribution in [0.2, 0.25) is 5.02 Å². The molecule has 1 aromatic carbocycles. The molecule has 29 heavy (non-hydrogen) atoms. The van der Waals surface area contributed by atoms with E-state index in [9.17, 15) is 13.6 Å². The van der Waals surface area contributed by atoms with E-state index in [2.05, 4.69) is 20.7 Å². The Morgan fingerprint density at radius 1 is 1.28 bits per heavy atom. The minimum Gasteiger partial charge on any atom is -0.348 e. The normalized spacial score (nSPS) is 21.1. The predicted octanol–water partition coefficient (Wildman–Crippen LogP) is 3.56. The summed E-state index contributed by atoms with van der Waals surface area (Å²) in [5.74, 6) is -3.23. The zero-order valence-electron chi connectivity index (χ0n) is 15.3. The maximum Gasteiger partial charge on any atom is 0.274 e. The van der Waals surface area contributed by atoms with Gasteiger partial charge >= 0.3 is 0 Å². The van der Waals surface area contributed by atoms with Crippen molar-refractivity contribution in [3.63, 3.8) is 0 Å². The summed E-state index contributed by atoms with van der Waals surface area (Å²) in [4.78, 5) is 16.8. The SMILES string of the molecule is N[C@@H]1[C@H](Nc2ncc3ccc(C(=O)Nc4ccccc4Cl)n3n2)CCCC1(F)F. The van der Waals surface area contributed by atoms with Crippen LogP contribution in [0.25, 0.3) is 5.52 Å². The van der Waals surface area contributed by atoms with Crippen LogP contribution in [0, 0.1) is 0 Å². The number of carbonyl (C=O) groups excluding carboxylic acids is 1. The Labute approximate surface area is 170 Å². The van der Waals surface area contributed by atoms with E-state index >= 15 is 0 Å². The second kappa shape index (κ2) is 7.57. The van der Waals surface area contributed by atoms with Crippen molar-refractivity contribution in [1.29, 1.82) is 0 Å². The molecule has 3 aromatic rings. The number of aromatic nitrogens is 3. The Balaban J connectivity index is 1.58. The van der Waals surface area contributed by atoms with Gasteiger partial charge in [0.05, 0.1) is 34.5 Å². The lowest BCUT2D eigenvalue weighted by Gasteiger charge is -2.35. The molecule has 1 amide bonds. The highest BCUT2D eigenvalue weighted by molar-refractivity contribution is 6.33. The highest BCUT2D eigenvalue weighted by Crippen LogP contribution is 2.33. The van der Waals surface area contributed by atoms with E-state index < -0.39 is 23.9 Å². The van der Waals surface area contributed by atoms with E-state index in [0.717, 1.165) is 0 Å². The average Bonchev–Trinajstić information content (AvgIpc) is 3.11. The first-order valence-corrected chi connectivity index (χ1v) is 9.53. The quantitative estimate of drug-likeness (QED) is 0.599. The molecule has 1 saturated carbocycles. The van der Waals surface area contributed by atoms with E-state index in [1.807, 2.05) is 0 Å². The summed E-state index contributed by atoms with van der Waals surface area (Å²) in [5.41, 5.74) is 7.03. The van der Waals surface area contributed by atoms with Crippen LogP contribution in [0.15, 0.2) is 42.6 Å². The van der Waals surface area contributed by atoms with E-state index in [1.54, 1.807) is 36.4 Å². The first-order chi connectivity index (χ1) is 13.8. The zero-order chi connectivity index (χ0) is 20.6. The molecule has 4 N–H and O–H groups in total. The number of carbonyl (C=O) groups is 1. The van der Waals surface area contributed by atoms with E-state index in [4.69, 9.17) is 17.3 Å². The smallest absolute Gasteiger partial charge is 0.274 e. The lowest BCUT2D eigenvalue weighted by atomic mass is 9.87. The van der Waals surface area contributed by atoms with Gasteiger partial charge in [-0.2, -0.15) is 0 Å². The van der Waals surface area contributed by atoms with Gasteiger partial charge in [-0.25, -0.2) is 18.3 Å². The maximum absolute atomic E-state index is 13.9. The summed E-state index contributed by atoms with van der Waals surface area (Å²) in [6.45, 7) is 0. The number of alkyl halides is 2. The summed E-state index contributed by atoms with van der Waals surface area (Å²) in [5, 5.41) is 10.3. The second-order valence-electron chi connectivity index (χ2n) is 7.00. The van der Waals surface area contributed by atoms with Gasteiger partial charge in [0, 0.05) is 6.42 Å². The fraction of sp³-hybridized carbons (Fsp3) is 0.316. The van der Waals surface area contributed by atoms with Gasteiger partial charge in [0.1, 0.15) is 5.69 Å². The van der Waals surface area contributed by atoms with Crippen molar-refractivity contribution in [2.24, 2.45) is 5.73 Å². The van der Waals surface area contributed by atoms with E-state index in [-0.39, 0.29) is 18.1 Å². The van der Waals surface area contributed by atoms with Gasteiger partial charge in [0.15, 0.2) is 0 Å². The van der Waals surface area contributed by atoms with Crippen LogP contribution in [0.5, 0.6) is 0 Å². The predicted molar refractivity (Wildman–Crippen MR) is 107 cm³/mol. The number of fused-ring (bicyclic) bond motifs is 1. The maximum atomic E-state index is 13.9. The molecule has 1 aliphatic rings. The largest absolute Gasteiger partial charge is 0.348 e. The lowest BCUT2D eigenvalue weighted by molar-refractivity contribution is -0.0555. The van der Waals surface area contributed by atoms with Crippen molar-refractivity contribution in [2.75, 3.05) is 10.6 Å². The molecule has 10 heteroatoms. The molecule has 0 radical (unpaired) electrons. The minimum absolute atomic E-state index is 0.124. The molecule has 0 unspecified atom stereocenters. The molecule has 1 fully saturated rings. The van der Waals surface area contributed by atoms with Crippen molar-refractivity contribution < 1.29 is 13.6 Å². The van der Waals surface area contributed by atoms with Gasteiger partial charge in [-0.15, -0.1) is 5.10 Å². The third-order valence-corrected chi connectivity index (χ3v) is 5.34. The van der Waals surface area contributed by atoms with Gasteiger partial charge in [-0.3, -0.25) is 4.79 Å². The standard InChI is InChI=1S/C19H19ClF2N6O/c20-12-4-1-2-5-13(12)25-17(29)15-8-7-11-10-24-18(27-28(11)15)26-14-6-3-9-19(21,22)16(14)23/h1-2,4-5,7-8,10,14,16H,3,6,9,23H2,(H,25,29)(H,26,27)/t14-,16-/m1/s1. The van der Waals surface area contributed by atoms with Gasteiger partial charge in [-0.05, 0) is 37.1 Å². The van der Waals surface area contributed by atoms with Crippen LogP contribution in [0.1, 0.15) is 29.8 Å². The van der Waals surface area contributed by atoms with Crippen molar-refractivity contribution >= 4 is 34.7 Å². The number of rotatable bonds is 4. The summed E-state index contributed by atoms with van der Waals surface area (Å²) in [7, 11) is 0. The molecule has 0 saturated heterocycles. The van der Waals surface area contributed by atoms with Crippen LogP contribution in [0.4, 0.5) is 20.4 Å². The summed E-state index contributed by atoms with van der Waals surface area (Å²) < 4.78 is 29.2. The molecule has 4 rings (SSSR count). The van der Waals surface area contributed by atoms with Gasteiger partial charge < -0.3 is 16.4 Å². The molecular weight excluding hydrogens is 402 g/mol. The fourth-order valence-electron chi connectivity index (χ4n) is 3.41. The molecule has 1 aliphatic carbocycles. The van der Waals surface area contributed by atoms with Gasteiger partial charge in [-0.1, -0.05) is 23.7 Å². The average molecular weight is 421 g/mol. The molecular formula is C19H19ClF2N6O. The number of nitrogens with one attached hydrogen (secondary N) is 2. The van der Waals surface area contributed by atoms with Crippen molar-refractivity contribution in [2.45, 2.75) is 37.3 Å². The summed E-state index contributed by atoms with van der Waals surface area (Å²) in [6, 6.07) is 8.16. The van der Waals surface area contributed by atoms with Crippen LogP contribution in [-0.2, 0) is 0 Å². The Kier molecular flexibility index (Phi) is 5.10. The molecule has 7 nitrogen and oxygen atoms in total. The zero-order valence-corrected chi connectivity index (χ0v) is 16.0. The van der Waals surface area contributed by atoms with Crippen LogP contribution >= 0.6 is 11.6 Å². The lowest BCUT2D eigenvalue weighted by Crippen LogP contribution is -2.55. The highest BCUT2D eigenvalue weighted by atomic mass is 35.5. The third kappa shape index (κ3) is 3.88. The molecule has 2 aromatic heterocycles. The Hall–Kier alpha value is -2.78. The summed E-state index contributed by atoms with van der Waals surface area (Å²) >= 11 is 6.09. The molecule has 0 spiro atoms. The van der Waals surface area contributed by atoms with Crippen LogP contribution in [0.3, 0.4) is 0 Å². The molecule has 152 valence electrons. The first-order valence-electron chi connectivity index (χ1n) is 9.16. The third-order valence-electron chi connectivity index (χ3n) is 5.01. The Bertz CT molecular complexity index is 1060. The number of amides is 1. The number of hydrogen-bond acceptors (Lipinski definition) is 5. The topological polar surface area (TPSA) is 97.3 Å². The number of benzene rings is 1. The van der Waals surface area contributed by atoms with Crippen molar-refractivity contribution in [3.8, 4) is 0 Å². The number of anilines is 2. The number of halogens is 3. The molecule has 0 aliphatic heterocycles. The molecule has 2 heterocycles.